The van der Waals surface area contributed by atoms with Gasteiger partial charge in [-0.2, -0.15) is 0 Å². The Morgan fingerprint density at radius 1 is 1.35 bits per heavy atom. The Kier molecular flexibility index (Phi) is 3.67. The van der Waals surface area contributed by atoms with Crippen LogP contribution in [0.15, 0.2) is 29.2 Å². The zero-order valence-electron chi connectivity index (χ0n) is 13.8. The average Bonchev–Trinajstić information content (AvgIpc) is 2.83. The molecule has 3 rings (SSSR count). The number of pyridine rings is 1. The molecule has 0 aliphatic heterocycles. The van der Waals surface area contributed by atoms with Crippen molar-refractivity contribution >= 4 is 22.6 Å². The maximum atomic E-state index is 12.7. The minimum Gasteiger partial charge on any atom is -0.351 e. The molecule has 6 nitrogen and oxygen atoms in total. The third-order valence-electron chi connectivity index (χ3n) is 3.85. The van der Waals surface area contributed by atoms with Crippen molar-refractivity contribution in [3.63, 3.8) is 0 Å². The second-order valence-electron chi connectivity index (χ2n) is 6.28. The number of hydrogen-bond acceptors (Lipinski definition) is 3. The van der Waals surface area contributed by atoms with E-state index in [9.17, 15) is 9.59 Å². The lowest BCUT2D eigenvalue weighted by Crippen LogP contribution is -2.28. The van der Waals surface area contributed by atoms with Crippen LogP contribution in [0, 0.1) is 12.8 Å². The highest BCUT2D eigenvalue weighted by Gasteiger charge is 2.17. The first-order valence-corrected chi connectivity index (χ1v) is 7.65. The molecule has 0 aliphatic rings. The SMILES string of the molecule is Cc1ccc2nc3c(cc(C(=O)NCC(C)C)n3C)c(=O)n2c1. The Morgan fingerprint density at radius 3 is 2.78 bits per heavy atom. The fourth-order valence-corrected chi connectivity index (χ4v) is 2.58. The number of amides is 1. The second-order valence-corrected chi connectivity index (χ2v) is 6.28. The van der Waals surface area contributed by atoms with Crippen LogP contribution in [0.4, 0.5) is 0 Å². The van der Waals surface area contributed by atoms with E-state index in [0.717, 1.165) is 5.56 Å². The molecule has 23 heavy (non-hydrogen) atoms. The van der Waals surface area contributed by atoms with E-state index in [1.807, 2.05) is 32.9 Å². The van der Waals surface area contributed by atoms with Crippen LogP contribution in [0.1, 0.15) is 29.9 Å². The number of nitrogens with zero attached hydrogens (tertiary/aromatic N) is 3. The van der Waals surface area contributed by atoms with E-state index >= 15 is 0 Å². The van der Waals surface area contributed by atoms with Gasteiger partial charge in [-0.1, -0.05) is 19.9 Å². The van der Waals surface area contributed by atoms with Gasteiger partial charge in [-0.15, -0.1) is 0 Å². The first-order valence-electron chi connectivity index (χ1n) is 7.65. The molecule has 0 aliphatic carbocycles. The zero-order chi connectivity index (χ0) is 16.7. The van der Waals surface area contributed by atoms with Gasteiger partial charge in [-0.05, 0) is 30.5 Å². The van der Waals surface area contributed by atoms with Crippen LogP contribution < -0.4 is 10.9 Å². The molecule has 120 valence electrons. The maximum absolute atomic E-state index is 12.7. The number of nitrogens with one attached hydrogen (secondary N) is 1. The molecule has 0 saturated heterocycles. The molecule has 3 aromatic rings. The second kappa shape index (κ2) is 5.53. The summed E-state index contributed by atoms with van der Waals surface area (Å²) in [6.07, 6.45) is 1.76. The third kappa shape index (κ3) is 2.60. The number of fused-ring (bicyclic) bond motifs is 2. The first-order chi connectivity index (χ1) is 10.9. The van der Waals surface area contributed by atoms with Gasteiger partial charge in [-0.25, -0.2) is 4.98 Å². The van der Waals surface area contributed by atoms with Gasteiger partial charge >= 0.3 is 0 Å². The maximum Gasteiger partial charge on any atom is 0.267 e. The number of carbonyl (C=O) groups excluding carboxylic acids is 1. The van der Waals surface area contributed by atoms with Crippen molar-refractivity contribution in [1.29, 1.82) is 0 Å². The molecule has 0 spiro atoms. The molecule has 3 heterocycles. The summed E-state index contributed by atoms with van der Waals surface area (Å²) in [7, 11) is 1.75. The molecule has 0 bridgehead atoms. The fraction of sp³-hybridized carbons (Fsp3) is 0.353. The van der Waals surface area contributed by atoms with Gasteiger partial charge in [0.15, 0.2) is 0 Å². The van der Waals surface area contributed by atoms with Crippen LogP contribution in [0.25, 0.3) is 16.7 Å². The van der Waals surface area contributed by atoms with Gasteiger partial charge in [0, 0.05) is 19.8 Å². The molecule has 0 fully saturated rings. The zero-order valence-corrected chi connectivity index (χ0v) is 13.8. The van der Waals surface area contributed by atoms with Crippen molar-refractivity contribution in [1.82, 2.24) is 19.3 Å². The summed E-state index contributed by atoms with van der Waals surface area (Å²) >= 11 is 0. The monoisotopic (exact) mass is 312 g/mol. The normalized spacial score (nSPS) is 11.5. The van der Waals surface area contributed by atoms with Gasteiger partial charge in [0.2, 0.25) is 0 Å². The summed E-state index contributed by atoms with van der Waals surface area (Å²) in [5.74, 6) is 0.173. The van der Waals surface area contributed by atoms with E-state index in [0.29, 0.717) is 34.8 Å². The van der Waals surface area contributed by atoms with E-state index in [1.54, 1.807) is 23.9 Å². The summed E-state index contributed by atoms with van der Waals surface area (Å²) in [6, 6.07) is 5.34. The quantitative estimate of drug-likeness (QED) is 0.803. The summed E-state index contributed by atoms with van der Waals surface area (Å²) in [5.41, 5.74) is 2.36. The van der Waals surface area contributed by atoms with Crippen LogP contribution in [0.3, 0.4) is 0 Å². The van der Waals surface area contributed by atoms with Crippen LogP contribution >= 0.6 is 0 Å². The topological polar surface area (TPSA) is 68.4 Å². The largest absolute Gasteiger partial charge is 0.351 e. The Balaban J connectivity index is 2.18. The fourth-order valence-electron chi connectivity index (χ4n) is 2.58. The first kappa shape index (κ1) is 15.3. The average molecular weight is 312 g/mol. The van der Waals surface area contributed by atoms with Crippen LogP contribution in [0.5, 0.6) is 0 Å². The number of carbonyl (C=O) groups is 1. The predicted molar refractivity (Wildman–Crippen MR) is 89.8 cm³/mol. The predicted octanol–water partition coefficient (Wildman–Crippen LogP) is 1.88. The number of hydrogen-bond donors (Lipinski definition) is 1. The molecule has 0 unspecified atom stereocenters. The minimum absolute atomic E-state index is 0.160. The van der Waals surface area contributed by atoms with Gasteiger partial charge < -0.3 is 9.88 Å². The smallest absolute Gasteiger partial charge is 0.267 e. The molecule has 0 aromatic carbocycles. The van der Waals surface area contributed by atoms with Crippen molar-refractivity contribution in [3.8, 4) is 0 Å². The van der Waals surface area contributed by atoms with Crippen LogP contribution in [0.2, 0.25) is 0 Å². The lowest BCUT2D eigenvalue weighted by atomic mass is 10.2. The highest BCUT2D eigenvalue weighted by Crippen LogP contribution is 2.15. The summed E-state index contributed by atoms with van der Waals surface area (Å²) in [4.78, 5) is 29.5. The van der Waals surface area contributed by atoms with Gasteiger partial charge in [0.25, 0.3) is 11.5 Å². The highest BCUT2D eigenvalue weighted by molar-refractivity contribution is 5.98. The number of rotatable bonds is 3. The highest BCUT2D eigenvalue weighted by atomic mass is 16.2. The molecule has 0 atom stereocenters. The Morgan fingerprint density at radius 2 is 2.09 bits per heavy atom. The van der Waals surface area contributed by atoms with Crippen molar-refractivity contribution < 1.29 is 4.79 Å². The van der Waals surface area contributed by atoms with E-state index in [1.165, 1.54) is 4.40 Å². The lowest BCUT2D eigenvalue weighted by molar-refractivity contribution is 0.0941. The van der Waals surface area contributed by atoms with Crippen LogP contribution in [-0.2, 0) is 7.05 Å². The van der Waals surface area contributed by atoms with E-state index < -0.39 is 0 Å². The van der Waals surface area contributed by atoms with Crippen molar-refractivity contribution in [3.05, 3.63) is 46.0 Å². The van der Waals surface area contributed by atoms with Crippen molar-refractivity contribution in [2.24, 2.45) is 13.0 Å². The summed E-state index contributed by atoms with van der Waals surface area (Å²) < 4.78 is 3.19. The Labute approximate surface area is 133 Å². The van der Waals surface area contributed by atoms with E-state index in [-0.39, 0.29) is 11.5 Å². The van der Waals surface area contributed by atoms with Crippen LogP contribution in [-0.4, -0.2) is 26.4 Å². The van der Waals surface area contributed by atoms with E-state index in [4.69, 9.17) is 0 Å². The van der Waals surface area contributed by atoms with E-state index in [2.05, 4.69) is 10.3 Å². The number of aryl methyl sites for hydroxylation is 2. The van der Waals surface area contributed by atoms with Crippen molar-refractivity contribution in [2.75, 3.05) is 6.54 Å². The molecule has 1 N–H and O–H groups in total. The molecule has 6 heteroatoms. The molecule has 0 saturated carbocycles. The summed E-state index contributed by atoms with van der Waals surface area (Å²) in [6.45, 7) is 6.58. The lowest BCUT2D eigenvalue weighted by Gasteiger charge is -2.08. The molecular formula is C17H20N4O2. The van der Waals surface area contributed by atoms with Gasteiger partial charge in [0.05, 0.1) is 5.39 Å². The third-order valence-corrected chi connectivity index (χ3v) is 3.85. The van der Waals surface area contributed by atoms with Crippen molar-refractivity contribution in [2.45, 2.75) is 20.8 Å². The minimum atomic E-state index is -0.191. The Hall–Kier alpha value is -2.63. The van der Waals surface area contributed by atoms with Gasteiger partial charge in [0.1, 0.15) is 17.0 Å². The Bertz CT molecular complexity index is 966. The molecule has 0 radical (unpaired) electrons. The molecular weight excluding hydrogens is 292 g/mol. The number of aromatic nitrogens is 3. The molecule has 3 aromatic heterocycles. The summed E-state index contributed by atoms with van der Waals surface area (Å²) in [5, 5.41) is 3.32. The van der Waals surface area contributed by atoms with Gasteiger partial charge in [-0.3, -0.25) is 14.0 Å². The molecule has 1 amide bonds. The standard InChI is InChI=1S/C17H20N4O2/c1-10(2)8-18-16(22)13-7-12-15(20(13)4)19-14-6-5-11(3)9-21(14)17(12)23/h5-7,9-10H,8H2,1-4H3,(H,18,22).